The number of carbonyl (C=O) groups excluding carboxylic acids is 1. The van der Waals surface area contributed by atoms with Gasteiger partial charge in [-0.1, -0.05) is 20.8 Å². The fourth-order valence-electron chi connectivity index (χ4n) is 2.04. The Hall–Kier alpha value is -0.940. The van der Waals surface area contributed by atoms with Gasteiger partial charge in [0, 0.05) is 43.9 Å². The zero-order chi connectivity index (χ0) is 14.2. The number of amides is 1. The van der Waals surface area contributed by atoms with Crippen molar-refractivity contribution in [3.63, 3.8) is 0 Å². The minimum atomic E-state index is 0.117. The number of aromatic nitrogens is 1. The van der Waals surface area contributed by atoms with Crippen LogP contribution in [0.1, 0.15) is 36.3 Å². The largest absolute Gasteiger partial charge is 0.348 e. The summed E-state index contributed by atoms with van der Waals surface area (Å²) in [6.45, 7) is 8.90. The highest BCUT2D eigenvalue weighted by Gasteiger charge is 2.26. The molecule has 1 aromatic heterocycles. The molecule has 19 heavy (non-hydrogen) atoms. The van der Waals surface area contributed by atoms with Crippen LogP contribution in [0.5, 0.6) is 0 Å². The van der Waals surface area contributed by atoms with Crippen molar-refractivity contribution in [2.45, 2.75) is 39.2 Å². The molecule has 106 valence electrons. The van der Waals surface area contributed by atoms with Gasteiger partial charge in [0.2, 0.25) is 5.91 Å². The van der Waals surface area contributed by atoms with Crippen LogP contribution in [0.15, 0.2) is 0 Å². The van der Waals surface area contributed by atoms with Crippen molar-refractivity contribution in [3.8, 4) is 0 Å². The number of thiazole rings is 1. The van der Waals surface area contributed by atoms with Crippen LogP contribution in [0.4, 0.5) is 0 Å². The minimum Gasteiger partial charge on any atom is -0.348 e. The van der Waals surface area contributed by atoms with Crippen LogP contribution in [0.2, 0.25) is 0 Å². The van der Waals surface area contributed by atoms with E-state index in [1.54, 1.807) is 16.2 Å². The Morgan fingerprint density at radius 3 is 2.68 bits per heavy atom. The lowest BCUT2D eigenvalue weighted by Crippen LogP contribution is -2.39. The predicted octanol–water partition coefficient (Wildman–Crippen LogP) is 1.89. The second-order valence-electron chi connectivity index (χ2n) is 6.39. The van der Waals surface area contributed by atoms with Crippen molar-refractivity contribution in [3.05, 3.63) is 15.6 Å². The number of hydrogen-bond donors (Lipinski definition) is 0. The molecular weight excluding hydrogens is 258 g/mol. The normalized spacial score (nSPS) is 16.3. The first-order valence-electron chi connectivity index (χ1n) is 6.69. The lowest BCUT2D eigenvalue weighted by Gasteiger charge is -2.26. The first kappa shape index (κ1) is 14.5. The van der Waals surface area contributed by atoms with Crippen molar-refractivity contribution in [2.75, 3.05) is 27.2 Å². The molecule has 1 aromatic rings. The third-order valence-corrected chi connectivity index (χ3v) is 4.82. The molecule has 0 aromatic carbocycles. The van der Waals surface area contributed by atoms with Crippen molar-refractivity contribution in [1.29, 1.82) is 0 Å². The number of fused-ring (bicyclic) bond motifs is 1. The summed E-state index contributed by atoms with van der Waals surface area (Å²) in [5, 5.41) is 1.21. The summed E-state index contributed by atoms with van der Waals surface area (Å²) >= 11 is 1.80. The average molecular weight is 281 g/mol. The summed E-state index contributed by atoms with van der Waals surface area (Å²) in [6, 6.07) is 0. The molecule has 0 atom stereocenters. The highest BCUT2D eigenvalue weighted by Crippen LogP contribution is 2.32. The molecule has 0 spiro atoms. The zero-order valence-electron chi connectivity index (χ0n) is 12.5. The molecule has 1 aliphatic rings. The lowest BCUT2D eigenvalue weighted by atomic mass is 9.98. The van der Waals surface area contributed by atoms with Crippen molar-refractivity contribution in [2.24, 2.45) is 0 Å². The van der Waals surface area contributed by atoms with Gasteiger partial charge in [-0.3, -0.25) is 9.69 Å². The molecule has 0 bridgehead atoms. The van der Waals surface area contributed by atoms with Gasteiger partial charge in [-0.15, -0.1) is 11.3 Å². The Labute approximate surface area is 119 Å². The molecular formula is C14H23N3OS. The van der Waals surface area contributed by atoms with Gasteiger partial charge in [-0.05, 0) is 0 Å². The molecule has 2 heterocycles. The third-order valence-electron chi connectivity index (χ3n) is 3.31. The molecule has 0 saturated carbocycles. The molecule has 1 aliphatic heterocycles. The van der Waals surface area contributed by atoms with Crippen LogP contribution in [-0.4, -0.2) is 47.9 Å². The highest BCUT2D eigenvalue weighted by atomic mass is 32.1. The molecule has 0 fully saturated rings. The van der Waals surface area contributed by atoms with E-state index in [4.69, 9.17) is 4.98 Å². The van der Waals surface area contributed by atoms with Gasteiger partial charge >= 0.3 is 0 Å². The van der Waals surface area contributed by atoms with E-state index in [0.717, 1.165) is 19.5 Å². The summed E-state index contributed by atoms with van der Waals surface area (Å²) in [4.78, 5) is 21.7. The second-order valence-corrected chi connectivity index (χ2v) is 7.47. The van der Waals surface area contributed by atoms with E-state index < -0.39 is 0 Å². The third kappa shape index (κ3) is 3.34. The Balaban J connectivity index is 2.08. The quantitative estimate of drug-likeness (QED) is 0.830. The zero-order valence-corrected chi connectivity index (χ0v) is 13.3. The number of carbonyl (C=O) groups is 1. The molecule has 0 unspecified atom stereocenters. The van der Waals surface area contributed by atoms with Gasteiger partial charge in [0.25, 0.3) is 0 Å². The first-order valence-corrected chi connectivity index (χ1v) is 7.50. The number of nitrogens with zero attached hydrogens (tertiary/aromatic N) is 3. The van der Waals surface area contributed by atoms with Crippen LogP contribution in [0.25, 0.3) is 0 Å². The summed E-state index contributed by atoms with van der Waals surface area (Å²) < 4.78 is 0. The molecule has 2 rings (SSSR count). The first-order chi connectivity index (χ1) is 8.77. The summed E-state index contributed by atoms with van der Waals surface area (Å²) in [5.74, 6) is 0.170. The van der Waals surface area contributed by atoms with E-state index in [9.17, 15) is 4.79 Å². The highest BCUT2D eigenvalue weighted by molar-refractivity contribution is 7.11. The Kier molecular flexibility index (Phi) is 3.97. The van der Waals surface area contributed by atoms with Gasteiger partial charge in [-0.2, -0.15) is 0 Å². The van der Waals surface area contributed by atoms with Gasteiger partial charge in [0.05, 0.1) is 17.2 Å². The van der Waals surface area contributed by atoms with Crippen LogP contribution < -0.4 is 0 Å². The van der Waals surface area contributed by atoms with E-state index >= 15 is 0 Å². The van der Waals surface area contributed by atoms with Gasteiger partial charge in [0.1, 0.15) is 0 Å². The summed E-state index contributed by atoms with van der Waals surface area (Å²) in [5.41, 5.74) is 1.36. The van der Waals surface area contributed by atoms with E-state index in [2.05, 4.69) is 25.7 Å². The minimum absolute atomic E-state index is 0.117. The number of hydrogen-bond acceptors (Lipinski definition) is 4. The Bertz CT molecular complexity index is 474. The van der Waals surface area contributed by atoms with Crippen molar-refractivity contribution < 1.29 is 4.79 Å². The maximum atomic E-state index is 11.8. The molecule has 0 aliphatic carbocycles. The lowest BCUT2D eigenvalue weighted by molar-refractivity contribution is -0.130. The predicted molar refractivity (Wildman–Crippen MR) is 78.5 cm³/mol. The smallest absolute Gasteiger partial charge is 0.236 e. The molecule has 0 saturated heterocycles. The summed E-state index contributed by atoms with van der Waals surface area (Å²) in [7, 11) is 3.62. The SMILES string of the molecule is CN(C)C(=O)CN1CCc2nc(C(C)(C)C)sc2C1. The fraction of sp³-hybridized carbons (Fsp3) is 0.714. The van der Waals surface area contributed by atoms with Gasteiger partial charge in [0.15, 0.2) is 0 Å². The van der Waals surface area contributed by atoms with E-state index in [0.29, 0.717) is 6.54 Å². The van der Waals surface area contributed by atoms with E-state index in [-0.39, 0.29) is 11.3 Å². The molecule has 0 radical (unpaired) electrons. The van der Waals surface area contributed by atoms with E-state index in [1.807, 2.05) is 14.1 Å². The van der Waals surface area contributed by atoms with Crippen molar-refractivity contribution in [1.82, 2.24) is 14.8 Å². The maximum Gasteiger partial charge on any atom is 0.236 e. The average Bonchev–Trinajstić information content (AvgIpc) is 2.71. The van der Waals surface area contributed by atoms with E-state index in [1.165, 1.54) is 15.6 Å². The summed E-state index contributed by atoms with van der Waals surface area (Å²) in [6.07, 6.45) is 0.961. The van der Waals surface area contributed by atoms with Crippen molar-refractivity contribution >= 4 is 17.2 Å². The number of likely N-dealkylation sites (N-methyl/N-ethyl adjacent to an activating group) is 1. The van der Waals surface area contributed by atoms with Crippen LogP contribution >= 0.6 is 11.3 Å². The second kappa shape index (κ2) is 5.21. The molecule has 1 amide bonds. The Morgan fingerprint density at radius 2 is 2.11 bits per heavy atom. The standard InChI is InChI=1S/C14H23N3OS/c1-14(2,3)13-15-10-6-7-17(8-11(10)19-13)9-12(18)16(4)5/h6-9H2,1-5H3. The fourth-order valence-corrected chi connectivity index (χ4v) is 3.24. The Morgan fingerprint density at radius 1 is 1.42 bits per heavy atom. The van der Waals surface area contributed by atoms with Gasteiger partial charge in [-0.25, -0.2) is 4.98 Å². The maximum absolute atomic E-state index is 11.8. The molecule has 5 heteroatoms. The molecule has 0 N–H and O–H groups in total. The molecule has 4 nitrogen and oxygen atoms in total. The van der Waals surface area contributed by atoms with Gasteiger partial charge < -0.3 is 4.90 Å². The number of rotatable bonds is 2. The topological polar surface area (TPSA) is 36.4 Å². The monoisotopic (exact) mass is 281 g/mol. The van der Waals surface area contributed by atoms with Crippen LogP contribution in [-0.2, 0) is 23.2 Å². The van der Waals surface area contributed by atoms with Crippen LogP contribution in [0, 0.1) is 0 Å². The van der Waals surface area contributed by atoms with Crippen LogP contribution in [0.3, 0.4) is 0 Å².